The number of fused-ring (bicyclic) bond motifs is 1. The van der Waals surface area contributed by atoms with Gasteiger partial charge in [-0.05, 0) is 109 Å². The van der Waals surface area contributed by atoms with Gasteiger partial charge in [-0.2, -0.15) is 0 Å². The predicted octanol–water partition coefficient (Wildman–Crippen LogP) is 9.31. The van der Waals surface area contributed by atoms with E-state index in [-0.39, 0.29) is 78.5 Å². The summed E-state index contributed by atoms with van der Waals surface area (Å²) in [6, 6.07) is 15.0. The third-order valence-corrected chi connectivity index (χ3v) is 18.6. The molecule has 0 saturated carbocycles. The highest BCUT2D eigenvalue weighted by atomic mass is 28.4. The highest BCUT2D eigenvalue weighted by Gasteiger charge is 2.48. The van der Waals surface area contributed by atoms with Crippen LogP contribution in [-0.2, 0) is 30.0 Å². The number of nitrogens with zero attached hydrogens (tertiary/aromatic N) is 1. The first kappa shape index (κ1) is 46.3. The standard InChI is InChI=1S/C49H71NO9Si/c1-31-24-38(21-22-43-32(2)25-37(56-43)14-13-23-51)57-45(33(31)3)27-46-42(30-55-29-35-17-19-36(54-8)20-18-35)34(4)44(58-46)26-39(59-60(9,10)49(5,6)7)28-50-47(52)40-15-11-12-16-41(40)48(50)53/h11-12,15-20,31,34,37-39,42-46,51H,2-3,13-14,21-30H2,1,4-10H3/t31-,34-,37+,38+,39+,42?,43?,44?,45?,46+/m1/s1. The zero-order valence-corrected chi connectivity index (χ0v) is 38.5. The summed E-state index contributed by atoms with van der Waals surface area (Å²) >= 11 is 0. The van der Waals surface area contributed by atoms with Crippen molar-refractivity contribution >= 4 is 20.1 Å². The number of hydrogen-bond donors (Lipinski definition) is 1. The third-order valence-electron chi connectivity index (χ3n) is 14.1. The first-order chi connectivity index (χ1) is 28.5. The molecule has 10 nitrogen and oxygen atoms in total. The van der Waals surface area contributed by atoms with Gasteiger partial charge in [0.1, 0.15) is 5.75 Å². The van der Waals surface area contributed by atoms with Gasteiger partial charge in [0.25, 0.3) is 11.8 Å². The molecule has 4 aliphatic rings. The zero-order chi connectivity index (χ0) is 43.4. The lowest BCUT2D eigenvalue weighted by Crippen LogP contribution is -2.49. The van der Waals surface area contributed by atoms with Crippen molar-refractivity contribution in [2.75, 3.05) is 26.9 Å². The summed E-state index contributed by atoms with van der Waals surface area (Å²) in [5.74, 6) is 0.694. The van der Waals surface area contributed by atoms with E-state index in [1.165, 1.54) is 4.90 Å². The largest absolute Gasteiger partial charge is 0.497 e. The Labute approximate surface area is 360 Å². The number of hydrogen-bond acceptors (Lipinski definition) is 9. The number of carbonyl (C=O) groups excluding carboxylic acids is 2. The van der Waals surface area contributed by atoms with Gasteiger partial charge in [0.2, 0.25) is 0 Å². The van der Waals surface area contributed by atoms with E-state index >= 15 is 0 Å². The molecule has 0 aliphatic carbocycles. The maximum atomic E-state index is 13.6. The fourth-order valence-electron chi connectivity index (χ4n) is 9.22. The molecule has 1 N–H and O–H groups in total. The first-order valence-corrected chi connectivity index (χ1v) is 25.2. The molecule has 4 aliphatic heterocycles. The molecule has 0 aromatic heterocycles. The number of methoxy groups -OCH3 is 1. The highest BCUT2D eigenvalue weighted by Crippen LogP contribution is 2.44. The van der Waals surface area contributed by atoms with E-state index in [2.05, 4.69) is 60.9 Å². The second kappa shape index (κ2) is 19.9. The Morgan fingerprint density at radius 3 is 2.20 bits per heavy atom. The lowest BCUT2D eigenvalue weighted by Gasteiger charge is -2.40. The first-order valence-electron chi connectivity index (χ1n) is 22.3. The molecule has 4 unspecified atom stereocenters. The molecule has 11 heteroatoms. The smallest absolute Gasteiger partial charge is 0.261 e. The molecule has 3 fully saturated rings. The van der Waals surface area contributed by atoms with Crippen LogP contribution in [0.5, 0.6) is 5.75 Å². The van der Waals surface area contributed by atoms with Crippen molar-refractivity contribution < 1.29 is 42.8 Å². The lowest BCUT2D eigenvalue weighted by atomic mass is 9.81. The van der Waals surface area contributed by atoms with E-state index in [4.69, 9.17) is 28.1 Å². The summed E-state index contributed by atoms with van der Waals surface area (Å²) in [6.45, 7) is 25.7. The van der Waals surface area contributed by atoms with Crippen molar-refractivity contribution in [1.29, 1.82) is 0 Å². The predicted molar refractivity (Wildman–Crippen MR) is 237 cm³/mol. The summed E-state index contributed by atoms with van der Waals surface area (Å²) in [5, 5.41) is 9.23. The van der Waals surface area contributed by atoms with Gasteiger partial charge in [-0.3, -0.25) is 14.5 Å². The summed E-state index contributed by atoms with van der Waals surface area (Å²) in [5.41, 5.74) is 4.18. The van der Waals surface area contributed by atoms with Crippen molar-refractivity contribution in [3.05, 3.63) is 89.5 Å². The number of rotatable bonds is 19. The molecule has 0 bridgehead atoms. The van der Waals surface area contributed by atoms with E-state index in [1.54, 1.807) is 31.4 Å². The molecular weight excluding hydrogens is 775 g/mol. The van der Waals surface area contributed by atoms with Crippen LogP contribution in [0, 0.1) is 17.8 Å². The van der Waals surface area contributed by atoms with Gasteiger partial charge in [0, 0.05) is 25.4 Å². The average molecular weight is 846 g/mol. The van der Waals surface area contributed by atoms with Gasteiger partial charge < -0.3 is 33.2 Å². The van der Waals surface area contributed by atoms with Crippen molar-refractivity contribution in [2.45, 2.75) is 153 Å². The Bertz CT molecular complexity index is 1770. The minimum absolute atomic E-state index is 0.0185. The Morgan fingerprint density at radius 1 is 0.900 bits per heavy atom. The van der Waals surface area contributed by atoms with E-state index in [0.717, 1.165) is 61.0 Å². The summed E-state index contributed by atoms with van der Waals surface area (Å²) in [4.78, 5) is 28.7. The second-order valence-corrected chi connectivity index (χ2v) is 24.1. The number of amides is 2. The van der Waals surface area contributed by atoms with Crippen LogP contribution in [-0.4, -0.2) is 99.7 Å². The van der Waals surface area contributed by atoms with Gasteiger partial charge in [0.15, 0.2) is 8.32 Å². The second-order valence-electron chi connectivity index (χ2n) is 19.3. The van der Waals surface area contributed by atoms with Gasteiger partial charge >= 0.3 is 0 Å². The lowest BCUT2D eigenvalue weighted by molar-refractivity contribution is -0.0793. The maximum absolute atomic E-state index is 13.6. The molecule has 2 amide bonds. The maximum Gasteiger partial charge on any atom is 0.261 e. The van der Waals surface area contributed by atoms with E-state index in [0.29, 0.717) is 43.1 Å². The Balaban J connectivity index is 1.19. The average Bonchev–Trinajstić information content (AvgIpc) is 3.80. The van der Waals surface area contributed by atoms with Crippen LogP contribution in [0.4, 0.5) is 0 Å². The summed E-state index contributed by atoms with van der Waals surface area (Å²) < 4.78 is 39.3. The van der Waals surface area contributed by atoms with Crippen LogP contribution >= 0.6 is 0 Å². The number of ether oxygens (including phenoxy) is 5. The molecule has 0 spiro atoms. The normalized spacial score (nSPS) is 29.1. The molecule has 2 aromatic rings. The number of imide groups is 1. The summed E-state index contributed by atoms with van der Waals surface area (Å²) in [6.07, 6.45) is 5.49. The van der Waals surface area contributed by atoms with Gasteiger partial charge in [-0.15, -0.1) is 0 Å². The molecule has 6 rings (SSSR count). The van der Waals surface area contributed by atoms with Crippen molar-refractivity contribution in [2.24, 2.45) is 17.8 Å². The van der Waals surface area contributed by atoms with Gasteiger partial charge in [-0.1, -0.05) is 72.0 Å². The van der Waals surface area contributed by atoms with Crippen molar-refractivity contribution in [3.8, 4) is 5.75 Å². The van der Waals surface area contributed by atoms with Gasteiger partial charge in [-0.25, -0.2) is 0 Å². The molecule has 0 radical (unpaired) electrons. The summed E-state index contributed by atoms with van der Waals surface area (Å²) in [7, 11) is -0.680. The Morgan fingerprint density at radius 2 is 1.57 bits per heavy atom. The van der Waals surface area contributed by atoms with Crippen LogP contribution in [0.2, 0.25) is 18.1 Å². The monoisotopic (exact) mass is 845 g/mol. The van der Waals surface area contributed by atoms with Crippen LogP contribution in [0.1, 0.15) is 112 Å². The van der Waals surface area contributed by atoms with E-state index in [1.807, 2.05) is 24.3 Å². The Hall–Kier alpha value is -3.16. The molecule has 3 saturated heterocycles. The number of carbonyl (C=O) groups is 2. The molecule has 10 atom stereocenters. The zero-order valence-electron chi connectivity index (χ0n) is 37.5. The molecular formula is C49H71NO9Si. The molecule has 60 heavy (non-hydrogen) atoms. The van der Waals surface area contributed by atoms with Crippen LogP contribution < -0.4 is 4.74 Å². The van der Waals surface area contributed by atoms with Crippen molar-refractivity contribution in [1.82, 2.24) is 4.90 Å². The minimum atomic E-state index is -2.34. The van der Waals surface area contributed by atoms with Gasteiger partial charge in [0.05, 0.1) is 80.7 Å². The van der Waals surface area contributed by atoms with E-state index in [9.17, 15) is 14.7 Å². The molecule has 4 heterocycles. The van der Waals surface area contributed by atoms with Crippen LogP contribution in [0.25, 0.3) is 0 Å². The highest BCUT2D eigenvalue weighted by molar-refractivity contribution is 6.74. The number of aliphatic hydroxyl groups is 1. The quantitative estimate of drug-likeness (QED) is 0.0840. The fraction of sp³-hybridized carbons (Fsp3) is 0.633. The number of benzene rings is 2. The topological polar surface area (TPSA) is 113 Å². The number of aliphatic hydroxyl groups excluding tert-OH is 1. The van der Waals surface area contributed by atoms with Crippen LogP contribution in [0.3, 0.4) is 0 Å². The van der Waals surface area contributed by atoms with E-state index < -0.39 is 14.4 Å². The third kappa shape index (κ3) is 10.9. The van der Waals surface area contributed by atoms with Crippen LogP contribution in [0.15, 0.2) is 72.8 Å². The Kier molecular flexibility index (Phi) is 15.4. The SMILES string of the molecule is C=C1C[C@H](CCCO)OC1CC[C@H]1C[C@@H](C)C(=C)C(C[C@@H]2OC(C[C@@H](CN3C(=O)c4ccccc4C3=O)O[Si](C)(C)C(C)(C)C)[C@H](C)C2COCc2ccc(OC)cc2)O1. The molecule has 2 aromatic carbocycles. The molecule has 330 valence electrons. The minimum Gasteiger partial charge on any atom is -0.497 e. The van der Waals surface area contributed by atoms with Crippen molar-refractivity contribution in [3.63, 3.8) is 0 Å². The fourth-order valence-corrected chi connectivity index (χ4v) is 10.6.